The smallest absolute Gasteiger partial charge is 0.413 e. The van der Waals surface area contributed by atoms with Crippen LogP contribution in [0.25, 0.3) is 0 Å². The first-order valence-electron chi connectivity index (χ1n) is 5.45. The van der Waals surface area contributed by atoms with E-state index in [1.807, 2.05) is 6.20 Å². The molecule has 1 heterocycles. The summed E-state index contributed by atoms with van der Waals surface area (Å²) in [5.41, 5.74) is 4.29. The Kier molecular flexibility index (Phi) is 2.80. The van der Waals surface area contributed by atoms with E-state index in [-0.39, 0.29) is 6.09 Å². The van der Waals surface area contributed by atoms with Gasteiger partial charge < -0.3 is 4.74 Å². The van der Waals surface area contributed by atoms with Gasteiger partial charge in [-0.05, 0) is 38.7 Å². The molecule has 3 nitrogen and oxygen atoms in total. The predicted molar refractivity (Wildman–Crippen MR) is 58.4 cm³/mol. The van der Waals surface area contributed by atoms with E-state index >= 15 is 0 Å². The number of nitrogens with zero attached hydrogens (tertiary/aromatic N) is 1. The first-order chi connectivity index (χ1) is 7.16. The molecule has 1 aliphatic heterocycles. The minimum Gasteiger partial charge on any atom is -0.447 e. The zero-order valence-electron chi connectivity index (χ0n) is 9.38. The van der Waals surface area contributed by atoms with Crippen molar-refractivity contribution in [3.05, 3.63) is 22.9 Å². The molecular formula is C12H17NO2. The van der Waals surface area contributed by atoms with Crippen molar-refractivity contribution in [2.75, 3.05) is 13.2 Å². The van der Waals surface area contributed by atoms with Crippen molar-refractivity contribution in [3.8, 4) is 0 Å². The zero-order valence-corrected chi connectivity index (χ0v) is 9.38. The fraction of sp³-hybridized carbons (Fsp3) is 0.583. The van der Waals surface area contributed by atoms with Crippen molar-refractivity contribution in [1.29, 1.82) is 0 Å². The quantitative estimate of drug-likeness (QED) is 0.619. The first-order valence-corrected chi connectivity index (χ1v) is 5.45. The van der Waals surface area contributed by atoms with Gasteiger partial charge in [0.1, 0.15) is 6.61 Å². The number of rotatable bonds is 1. The number of carbonyl (C=O) groups is 1. The highest BCUT2D eigenvalue weighted by Gasteiger charge is 2.21. The third-order valence-electron chi connectivity index (χ3n) is 3.17. The Hall–Kier alpha value is -1.25. The van der Waals surface area contributed by atoms with Crippen LogP contribution in [0.4, 0.5) is 4.79 Å². The van der Waals surface area contributed by atoms with E-state index in [2.05, 4.69) is 13.8 Å². The van der Waals surface area contributed by atoms with E-state index in [0.717, 1.165) is 19.3 Å². The maximum Gasteiger partial charge on any atom is 0.413 e. The lowest BCUT2D eigenvalue weighted by molar-refractivity contribution is 0.166. The van der Waals surface area contributed by atoms with Crippen molar-refractivity contribution in [2.24, 2.45) is 0 Å². The molecule has 0 aromatic heterocycles. The molecule has 1 amide bonds. The van der Waals surface area contributed by atoms with Crippen molar-refractivity contribution in [1.82, 2.24) is 4.90 Å². The average molecular weight is 207 g/mol. The SMILES string of the molecule is CC1=C(C)C/C(=C\N2CCOC2=O)CC1. The molecule has 0 spiro atoms. The second-order valence-corrected chi connectivity index (χ2v) is 4.33. The van der Waals surface area contributed by atoms with Gasteiger partial charge in [-0.3, -0.25) is 4.90 Å². The average Bonchev–Trinajstić information content (AvgIpc) is 2.59. The maximum atomic E-state index is 11.2. The molecular weight excluding hydrogens is 190 g/mol. The summed E-state index contributed by atoms with van der Waals surface area (Å²) >= 11 is 0. The van der Waals surface area contributed by atoms with Gasteiger partial charge in [0, 0.05) is 6.20 Å². The van der Waals surface area contributed by atoms with Crippen LogP contribution in [0.2, 0.25) is 0 Å². The normalized spacial score (nSPS) is 25.1. The van der Waals surface area contributed by atoms with Gasteiger partial charge in [-0.25, -0.2) is 4.79 Å². The zero-order chi connectivity index (χ0) is 10.8. The molecule has 0 atom stereocenters. The molecule has 1 saturated heterocycles. The summed E-state index contributed by atoms with van der Waals surface area (Å²) in [5, 5.41) is 0. The van der Waals surface area contributed by atoms with Crippen LogP contribution in [0.3, 0.4) is 0 Å². The molecule has 0 unspecified atom stereocenters. The van der Waals surface area contributed by atoms with Crippen LogP contribution in [-0.2, 0) is 4.74 Å². The van der Waals surface area contributed by atoms with Gasteiger partial charge in [-0.1, -0.05) is 11.1 Å². The summed E-state index contributed by atoms with van der Waals surface area (Å²) < 4.78 is 4.89. The van der Waals surface area contributed by atoms with Gasteiger partial charge in [0.25, 0.3) is 0 Å². The molecule has 0 aromatic rings. The summed E-state index contributed by atoms with van der Waals surface area (Å²) in [5.74, 6) is 0. The van der Waals surface area contributed by atoms with E-state index in [4.69, 9.17) is 4.74 Å². The molecule has 82 valence electrons. The number of amides is 1. The molecule has 0 radical (unpaired) electrons. The summed E-state index contributed by atoms with van der Waals surface area (Å²) in [6.07, 6.45) is 4.99. The molecule has 2 rings (SSSR count). The molecule has 1 fully saturated rings. The number of cyclic esters (lactones) is 1. The lowest BCUT2D eigenvalue weighted by atomic mass is 9.90. The van der Waals surface area contributed by atoms with E-state index in [0.29, 0.717) is 13.2 Å². The molecule has 1 aliphatic carbocycles. The van der Waals surface area contributed by atoms with Gasteiger partial charge in [-0.2, -0.15) is 0 Å². The van der Waals surface area contributed by atoms with E-state index in [9.17, 15) is 4.79 Å². The van der Waals surface area contributed by atoms with Gasteiger partial charge in [0.15, 0.2) is 0 Å². The molecule has 0 bridgehead atoms. The van der Waals surface area contributed by atoms with Crippen LogP contribution in [0.5, 0.6) is 0 Å². The van der Waals surface area contributed by atoms with Crippen LogP contribution in [0.15, 0.2) is 22.9 Å². The Labute approximate surface area is 90.4 Å². The van der Waals surface area contributed by atoms with Gasteiger partial charge >= 0.3 is 6.09 Å². The van der Waals surface area contributed by atoms with E-state index in [1.54, 1.807) is 4.90 Å². The third kappa shape index (κ3) is 2.22. The highest BCUT2D eigenvalue weighted by Crippen LogP contribution is 2.28. The number of carbonyl (C=O) groups excluding carboxylic acids is 1. The number of hydrogen-bond acceptors (Lipinski definition) is 2. The highest BCUT2D eigenvalue weighted by molar-refractivity contribution is 5.70. The minimum atomic E-state index is -0.202. The van der Waals surface area contributed by atoms with Crippen molar-refractivity contribution < 1.29 is 9.53 Å². The molecule has 2 aliphatic rings. The monoisotopic (exact) mass is 207 g/mol. The summed E-state index contributed by atoms with van der Waals surface area (Å²) in [6, 6.07) is 0. The second-order valence-electron chi connectivity index (χ2n) is 4.33. The Balaban J connectivity index is 2.06. The summed E-state index contributed by atoms with van der Waals surface area (Å²) in [4.78, 5) is 12.9. The predicted octanol–water partition coefficient (Wildman–Crippen LogP) is 2.84. The fourth-order valence-electron chi connectivity index (χ4n) is 1.99. The van der Waals surface area contributed by atoms with Crippen LogP contribution < -0.4 is 0 Å². The summed E-state index contributed by atoms with van der Waals surface area (Å²) in [6.45, 7) is 5.58. The van der Waals surface area contributed by atoms with Gasteiger partial charge in [0.05, 0.1) is 6.54 Å². The minimum absolute atomic E-state index is 0.202. The largest absolute Gasteiger partial charge is 0.447 e. The van der Waals surface area contributed by atoms with Crippen molar-refractivity contribution in [3.63, 3.8) is 0 Å². The molecule has 0 aromatic carbocycles. The third-order valence-corrected chi connectivity index (χ3v) is 3.17. The van der Waals surface area contributed by atoms with Gasteiger partial charge in [0.2, 0.25) is 0 Å². The van der Waals surface area contributed by atoms with E-state index < -0.39 is 0 Å². The van der Waals surface area contributed by atoms with Crippen LogP contribution >= 0.6 is 0 Å². The lowest BCUT2D eigenvalue weighted by Gasteiger charge is -2.19. The number of allylic oxidation sites excluding steroid dienone is 3. The lowest BCUT2D eigenvalue weighted by Crippen LogP contribution is -2.18. The summed E-state index contributed by atoms with van der Waals surface area (Å²) in [7, 11) is 0. The Morgan fingerprint density at radius 2 is 2.07 bits per heavy atom. The second kappa shape index (κ2) is 4.09. The van der Waals surface area contributed by atoms with Crippen LogP contribution in [-0.4, -0.2) is 24.1 Å². The Bertz CT molecular complexity index is 342. The van der Waals surface area contributed by atoms with Crippen molar-refractivity contribution >= 4 is 6.09 Å². The maximum absolute atomic E-state index is 11.2. The molecule has 0 N–H and O–H groups in total. The van der Waals surface area contributed by atoms with Crippen LogP contribution in [0, 0.1) is 0 Å². The van der Waals surface area contributed by atoms with Crippen molar-refractivity contribution in [2.45, 2.75) is 33.1 Å². The van der Waals surface area contributed by atoms with Crippen LogP contribution in [0.1, 0.15) is 33.1 Å². The molecule has 0 saturated carbocycles. The topological polar surface area (TPSA) is 29.5 Å². The first kappa shape index (κ1) is 10.3. The Morgan fingerprint density at radius 3 is 2.67 bits per heavy atom. The molecule has 15 heavy (non-hydrogen) atoms. The number of ether oxygens (including phenoxy) is 1. The van der Waals surface area contributed by atoms with E-state index in [1.165, 1.54) is 16.7 Å². The van der Waals surface area contributed by atoms with Gasteiger partial charge in [-0.15, -0.1) is 0 Å². The fourth-order valence-corrected chi connectivity index (χ4v) is 1.99. The molecule has 3 heteroatoms. The standard InChI is InChI=1S/C12H17NO2/c1-9-3-4-11(7-10(9)2)8-13-5-6-15-12(13)14/h8H,3-7H2,1-2H3/b11-8-. The number of hydrogen-bond donors (Lipinski definition) is 0. The Morgan fingerprint density at radius 1 is 1.27 bits per heavy atom. The highest BCUT2D eigenvalue weighted by atomic mass is 16.6.